The van der Waals surface area contributed by atoms with Crippen LogP contribution in [0.15, 0.2) is 46.9 Å². The molecule has 0 radical (unpaired) electrons. The Morgan fingerprint density at radius 2 is 2.14 bits per heavy atom. The number of benzene rings is 1. The van der Waals surface area contributed by atoms with Gasteiger partial charge in [0.2, 0.25) is 5.16 Å². The molecule has 2 heterocycles. The smallest absolute Gasteiger partial charge is 0.214 e. The molecule has 0 saturated heterocycles. The zero-order chi connectivity index (χ0) is 15.4. The van der Waals surface area contributed by atoms with Crippen LogP contribution in [0.5, 0.6) is 5.75 Å². The van der Waals surface area contributed by atoms with E-state index in [-0.39, 0.29) is 5.78 Å². The Bertz CT molecular complexity index is 754. The van der Waals surface area contributed by atoms with Crippen LogP contribution in [-0.2, 0) is 0 Å². The minimum absolute atomic E-state index is 0.0734. The van der Waals surface area contributed by atoms with E-state index < -0.39 is 0 Å². The number of aromatic nitrogens is 4. The van der Waals surface area contributed by atoms with E-state index in [9.17, 15) is 4.79 Å². The average molecular weight is 332 g/mol. The molecule has 1 aromatic carbocycles. The predicted molar refractivity (Wildman–Crippen MR) is 85.1 cm³/mol. The Labute approximate surface area is 135 Å². The number of rotatable bonds is 6. The summed E-state index contributed by atoms with van der Waals surface area (Å²) in [5.41, 5.74) is 0.817. The monoisotopic (exact) mass is 332 g/mol. The van der Waals surface area contributed by atoms with E-state index in [1.807, 2.05) is 41.8 Å². The Kier molecular flexibility index (Phi) is 4.50. The third-order valence-corrected chi connectivity index (χ3v) is 4.72. The third-order valence-electron chi connectivity index (χ3n) is 2.89. The molecule has 0 fully saturated rings. The molecule has 6 nitrogen and oxygen atoms in total. The summed E-state index contributed by atoms with van der Waals surface area (Å²) in [6, 6.07) is 11.1. The van der Waals surface area contributed by atoms with Gasteiger partial charge in [0.1, 0.15) is 5.75 Å². The van der Waals surface area contributed by atoms with Gasteiger partial charge in [-0.3, -0.25) is 4.79 Å². The van der Waals surface area contributed by atoms with Gasteiger partial charge >= 0.3 is 0 Å². The summed E-state index contributed by atoms with van der Waals surface area (Å²) in [7, 11) is 1.61. The van der Waals surface area contributed by atoms with Gasteiger partial charge in [-0.1, -0.05) is 17.8 Å². The number of carbonyl (C=O) groups excluding carboxylic acids is 1. The maximum Gasteiger partial charge on any atom is 0.214 e. The predicted octanol–water partition coefficient (Wildman–Crippen LogP) is 2.71. The van der Waals surface area contributed by atoms with Crippen molar-refractivity contribution < 1.29 is 9.53 Å². The second kappa shape index (κ2) is 6.71. The summed E-state index contributed by atoms with van der Waals surface area (Å²) in [5.74, 6) is 1.14. The lowest BCUT2D eigenvalue weighted by molar-refractivity contribution is 0.102. The van der Waals surface area contributed by atoms with Gasteiger partial charge in [0, 0.05) is 0 Å². The number of ether oxygens (including phenoxy) is 1. The number of hydrogen-bond acceptors (Lipinski definition) is 7. The Morgan fingerprint density at radius 3 is 2.82 bits per heavy atom. The number of hydrogen-bond donors (Lipinski definition) is 0. The van der Waals surface area contributed by atoms with E-state index >= 15 is 0 Å². The first-order chi connectivity index (χ1) is 10.8. The highest BCUT2D eigenvalue weighted by Crippen LogP contribution is 2.22. The van der Waals surface area contributed by atoms with E-state index in [0.29, 0.717) is 10.9 Å². The number of ketones is 1. The van der Waals surface area contributed by atoms with Gasteiger partial charge in [-0.15, -0.1) is 16.4 Å². The molecule has 3 rings (SSSR count). The summed E-state index contributed by atoms with van der Waals surface area (Å²) < 4.78 is 6.73. The molecule has 112 valence electrons. The quantitative estimate of drug-likeness (QED) is 0.510. The molecule has 0 aliphatic heterocycles. The zero-order valence-electron chi connectivity index (χ0n) is 11.7. The minimum Gasteiger partial charge on any atom is -0.497 e. The summed E-state index contributed by atoms with van der Waals surface area (Å²) >= 11 is 2.76. The van der Waals surface area contributed by atoms with Crippen molar-refractivity contribution in [3.63, 3.8) is 0 Å². The Hall–Kier alpha value is -2.19. The SMILES string of the molecule is COc1ccc(-n2nnnc2SCC(=O)c2cccs2)cc1. The van der Waals surface area contributed by atoms with Crippen molar-refractivity contribution in [1.29, 1.82) is 0 Å². The Morgan fingerprint density at radius 1 is 1.32 bits per heavy atom. The fourth-order valence-corrected chi connectivity index (χ4v) is 3.32. The van der Waals surface area contributed by atoms with Crippen LogP contribution in [-0.4, -0.2) is 38.9 Å². The maximum absolute atomic E-state index is 12.0. The molecule has 0 unspecified atom stereocenters. The van der Waals surface area contributed by atoms with Crippen molar-refractivity contribution in [1.82, 2.24) is 20.2 Å². The zero-order valence-corrected chi connectivity index (χ0v) is 13.3. The number of thioether (sulfide) groups is 1. The second-order valence-corrected chi connectivity index (χ2v) is 6.15. The van der Waals surface area contributed by atoms with Crippen molar-refractivity contribution in [2.45, 2.75) is 5.16 Å². The van der Waals surface area contributed by atoms with E-state index in [0.717, 1.165) is 16.3 Å². The standard InChI is InChI=1S/C14H12N4O2S2/c1-20-11-6-4-10(5-7-11)18-14(15-16-17-18)22-9-12(19)13-3-2-8-21-13/h2-8H,9H2,1H3. The van der Waals surface area contributed by atoms with Crippen LogP contribution in [0.1, 0.15) is 9.67 Å². The van der Waals surface area contributed by atoms with Crippen molar-refractivity contribution >= 4 is 28.9 Å². The molecule has 22 heavy (non-hydrogen) atoms. The van der Waals surface area contributed by atoms with Crippen LogP contribution in [0.25, 0.3) is 5.69 Å². The maximum atomic E-state index is 12.0. The number of Topliss-reactive ketones (excluding diaryl/α,β-unsaturated/α-hetero) is 1. The highest BCUT2D eigenvalue weighted by Gasteiger charge is 2.13. The normalized spacial score (nSPS) is 10.6. The lowest BCUT2D eigenvalue weighted by Crippen LogP contribution is -2.03. The van der Waals surface area contributed by atoms with Crippen LogP contribution in [0.4, 0.5) is 0 Å². The van der Waals surface area contributed by atoms with E-state index in [1.54, 1.807) is 11.8 Å². The van der Waals surface area contributed by atoms with Crippen LogP contribution in [0.3, 0.4) is 0 Å². The first-order valence-corrected chi connectivity index (χ1v) is 8.27. The minimum atomic E-state index is 0.0734. The molecule has 0 aliphatic carbocycles. The molecule has 3 aromatic rings. The van der Waals surface area contributed by atoms with Gasteiger partial charge in [-0.05, 0) is 46.1 Å². The highest BCUT2D eigenvalue weighted by atomic mass is 32.2. The van der Waals surface area contributed by atoms with Gasteiger partial charge < -0.3 is 4.74 Å². The Balaban J connectivity index is 1.73. The fraction of sp³-hybridized carbons (Fsp3) is 0.143. The molecule has 2 aromatic heterocycles. The van der Waals surface area contributed by atoms with Crippen molar-refractivity contribution in [3.05, 3.63) is 46.7 Å². The van der Waals surface area contributed by atoms with Crippen LogP contribution in [0.2, 0.25) is 0 Å². The number of carbonyl (C=O) groups is 1. The van der Waals surface area contributed by atoms with Crippen molar-refractivity contribution in [2.24, 2.45) is 0 Å². The lowest BCUT2D eigenvalue weighted by Gasteiger charge is -2.05. The number of methoxy groups -OCH3 is 1. The molecule has 0 atom stereocenters. The summed E-state index contributed by atoms with van der Waals surface area (Å²) in [6.45, 7) is 0. The summed E-state index contributed by atoms with van der Waals surface area (Å²) in [6.07, 6.45) is 0. The largest absolute Gasteiger partial charge is 0.497 e. The average Bonchev–Trinajstić information content (AvgIpc) is 3.24. The molecule has 0 spiro atoms. The van der Waals surface area contributed by atoms with Crippen LogP contribution < -0.4 is 4.74 Å². The van der Waals surface area contributed by atoms with Gasteiger partial charge in [0.15, 0.2) is 5.78 Å². The molecule has 0 N–H and O–H groups in total. The third kappa shape index (κ3) is 3.18. The fourth-order valence-electron chi connectivity index (χ4n) is 1.79. The van der Waals surface area contributed by atoms with Gasteiger partial charge in [-0.2, -0.15) is 4.68 Å². The van der Waals surface area contributed by atoms with Gasteiger partial charge in [0.05, 0.1) is 23.4 Å². The van der Waals surface area contributed by atoms with E-state index in [1.165, 1.54) is 23.1 Å². The van der Waals surface area contributed by atoms with Crippen LogP contribution >= 0.6 is 23.1 Å². The van der Waals surface area contributed by atoms with Gasteiger partial charge in [-0.25, -0.2) is 0 Å². The molecule has 0 saturated carbocycles. The molecular formula is C14H12N4O2S2. The molecule has 8 heteroatoms. The molecule has 0 aliphatic rings. The second-order valence-electron chi connectivity index (χ2n) is 4.26. The lowest BCUT2D eigenvalue weighted by atomic mass is 10.3. The van der Waals surface area contributed by atoms with Crippen LogP contribution in [0, 0.1) is 0 Å². The van der Waals surface area contributed by atoms with Crippen molar-refractivity contribution in [3.8, 4) is 11.4 Å². The molecule has 0 bridgehead atoms. The highest BCUT2D eigenvalue weighted by molar-refractivity contribution is 7.99. The van der Waals surface area contributed by atoms with E-state index in [4.69, 9.17) is 4.74 Å². The first-order valence-electron chi connectivity index (χ1n) is 6.40. The number of tetrazole rings is 1. The summed E-state index contributed by atoms with van der Waals surface area (Å²) in [5, 5.41) is 14.1. The van der Waals surface area contributed by atoms with Crippen molar-refractivity contribution in [2.75, 3.05) is 12.9 Å². The summed E-state index contributed by atoms with van der Waals surface area (Å²) in [4.78, 5) is 12.8. The number of thiophene rings is 1. The molecule has 0 amide bonds. The number of nitrogens with zero attached hydrogens (tertiary/aromatic N) is 4. The van der Waals surface area contributed by atoms with Gasteiger partial charge in [0.25, 0.3) is 0 Å². The van der Waals surface area contributed by atoms with E-state index in [2.05, 4.69) is 15.5 Å². The topological polar surface area (TPSA) is 69.9 Å². The first kappa shape index (κ1) is 14.7. The molecular weight excluding hydrogens is 320 g/mol.